The van der Waals surface area contributed by atoms with Crippen molar-refractivity contribution in [3.63, 3.8) is 0 Å². The first-order valence-corrected chi connectivity index (χ1v) is 7.45. The summed E-state index contributed by atoms with van der Waals surface area (Å²) in [4.78, 5) is 3.89. The van der Waals surface area contributed by atoms with Crippen molar-refractivity contribution in [3.05, 3.63) is 18.5 Å². The van der Waals surface area contributed by atoms with Crippen LogP contribution in [0.3, 0.4) is 0 Å². The number of hydrogen-bond donors (Lipinski definition) is 3. The van der Waals surface area contributed by atoms with Crippen LogP contribution in [0.2, 0.25) is 0 Å². The number of nitrogens with one attached hydrogen (secondary N) is 1. The first-order valence-electron chi connectivity index (χ1n) is 6.01. The summed E-state index contributed by atoms with van der Waals surface area (Å²) in [5, 5.41) is 21.9. The molecule has 2 atom stereocenters. The van der Waals surface area contributed by atoms with Gasteiger partial charge in [-0.05, 0) is 13.0 Å². The molecule has 1 aliphatic heterocycles. The molecule has 0 saturated carbocycles. The fourth-order valence-electron chi connectivity index (χ4n) is 1.99. The Morgan fingerprint density at radius 2 is 2.05 bits per heavy atom. The van der Waals surface area contributed by atoms with Gasteiger partial charge in [0.1, 0.15) is 4.90 Å². The van der Waals surface area contributed by atoms with Gasteiger partial charge in [-0.2, -0.15) is 4.31 Å². The van der Waals surface area contributed by atoms with Crippen LogP contribution in [0.4, 0.5) is 5.69 Å². The molecule has 2 heterocycles. The largest absolute Gasteiger partial charge is 0.389 e. The Balaban J connectivity index is 2.35. The Morgan fingerprint density at radius 3 is 2.63 bits per heavy atom. The second-order valence-electron chi connectivity index (χ2n) is 4.36. The highest BCUT2D eigenvalue weighted by Crippen LogP contribution is 2.26. The molecule has 3 N–H and O–H groups in total. The maximum atomic E-state index is 12.4. The standard InChI is InChI=1S/C11H17N3O4S/c1-2-13-8-3-4-12-5-11(8)19(17,18)14-6-9(15)10(16)7-14/h3-5,9-10,15-16H,2,6-7H2,1H3,(H,12,13). The molecular weight excluding hydrogens is 270 g/mol. The predicted octanol–water partition coefficient (Wildman–Crippen LogP) is -0.761. The smallest absolute Gasteiger partial charge is 0.246 e. The molecule has 2 rings (SSSR count). The number of anilines is 1. The quantitative estimate of drug-likeness (QED) is 0.672. The molecule has 1 saturated heterocycles. The van der Waals surface area contributed by atoms with Crippen LogP contribution in [0.5, 0.6) is 0 Å². The first-order chi connectivity index (χ1) is 8.96. The van der Waals surface area contributed by atoms with Gasteiger partial charge in [-0.25, -0.2) is 8.42 Å². The maximum absolute atomic E-state index is 12.4. The third-order valence-corrected chi connectivity index (χ3v) is 4.85. The van der Waals surface area contributed by atoms with Crippen LogP contribution in [0.25, 0.3) is 0 Å². The zero-order chi connectivity index (χ0) is 14.0. The molecule has 19 heavy (non-hydrogen) atoms. The van der Waals surface area contributed by atoms with E-state index in [4.69, 9.17) is 0 Å². The summed E-state index contributed by atoms with van der Waals surface area (Å²) in [6, 6.07) is 1.58. The Hall–Kier alpha value is -1.22. The van der Waals surface area contributed by atoms with Gasteiger partial charge in [0.05, 0.1) is 17.9 Å². The van der Waals surface area contributed by atoms with Gasteiger partial charge in [0.15, 0.2) is 0 Å². The Kier molecular flexibility index (Phi) is 4.04. The average molecular weight is 287 g/mol. The monoisotopic (exact) mass is 287 g/mol. The number of β-amino-alcohol motifs (C(OH)–C–C–N with tert-alkyl or cyclic N) is 2. The second kappa shape index (κ2) is 5.41. The number of hydrogen-bond acceptors (Lipinski definition) is 6. The van der Waals surface area contributed by atoms with Crippen molar-refractivity contribution < 1.29 is 18.6 Å². The third kappa shape index (κ3) is 2.71. The highest BCUT2D eigenvalue weighted by atomic mass is 32.2. The van der Waals surface area contributed by atoms with E-state index in [0.29, 0.717) is 12.2 Å². The van der Waals surface area contributed by atoms with Crippen LogP contribution in [0.1, 0.15) is 6.92 Å². The molecule has 0 radical (unpaired) electrons. The molecule has 0 bridgehead atoms. The lowest BCUT2D eigenvalue weighted by Crippen LogP contribution is -2.30. The van der Waals surface area contributed by atoms with E-state index in [1.54, 1.807) is 6.07 Å². The lowest BCUT2D eigenvalue weighted by molar-refractivity contribution is 0.0572. The van der Waals surface area contributed by atoms with E-state index in [9.17, 15) is 18.6 Å². The number of aliphatic hydroxyl groups is 2. The number of pyridine rings is 1. The maximum Gasteiger partial charge on any atom is 0.246 e. The van der Waals surface area contributed by atoms with Crippen molar-refractivity contribution in [1.82, 2.24) is 9.29 Å². The first kappa shape index (κ1) is 14.2. The molecule has 1 aliphatic rings. The summed E-state index contributed by atoms with van der Waals surface area (Å²) in [6.45, 7) is 2.23. The fourth-order valence-corrected chi connectivity index (χ4v) is 3.58. The van der Waals surface area contributed by atoms with Gasteiger partial charge in [-0.1, -0.05) is 0 Å². The lowest BCUT2D eigenvalue weighted by atomic mass is 10.3. The molecule has 2 unspecified atom stereocenters. The van der Waals surface area contributed by atoms with Crippen LogP contribution in [-0.2, 0) is 10.0 Å². The van der Waals surface area contributed by atoms with Crippen molar-refractivity contribution in [1.29, 1.82) is 0 Å². The normalized spacial score (nSPS) is 24.6. The zero-order valence-corrected chi connectivity index (χ0v) is 11.3. The SMILES string of the molecule is CCNc1ccncc1S(=O)(=O)N1CC(O)C(O)C1. The molecule has 7 nitrogen and oxygen atoms in total. The Labute approximate surface area is 111 Å². The Bertz CT molecular complexity index is 539. The molecule has 8 heteroatoms. The molecule has 1 fully saturated rings. The second-order valence-corrected chi connectivity index (χ2v) is 6.27. The summed E-state index contributed by atoms with van der Waals surface area (Å²) >= 11 is 0. The van der Waals surface area contributed by atoms with Crippen molar-refractivity contribution in [2.24, 2.45) is 0 Å². The minimum atomic E-state index is -3.77. The number of aliphatic hydroxyl groups excluding tert-OH is 2. The van der Waals surface area contributed by atoms with Crippen LogP contribution in [0, 0.1) is 0 Å². The third-order valence-electron chi connectivity index (χ3n) is 3.00. The van der Waals surface area contributed by atoms with Gasteiger partial charge in [-0.15, -0.1) is 0 Å². The van der Waals surface area contributed by atoms with Crippen molar-refractivity contribution in [2.75, 3.05) is 25.0 Å². The summed E-state index contributed by atoms with van der Waals surface area (Å²) in [5.74, 6) is 0. The number of rotatable bonds is 4. The minimum absolute atomic E-state index is 0.0538. The van der Waals surface area contributed by atoms with Gasteiger partial charge in [0, 0.05) is 32.0 Å². The van der Waals surface area contributed by atoms with E-state index in [0.717, 1.165) is 4.31 Å². The zero-order valence-electron chi connectivity index (χ0n) is 10.5. The summed E-state index contributed by atoms with van der Waals surface area (Å²) in [6.07, 6.45) is 0.679. The van der Waals surface area contributed by atoms with E-state index in [2.05, 4.69) is 10.3 Å². The Morgan fingerprint density at radius 1 is 1.42 bits per heavy atom. The summed E-state index contributed by atoms with van der Waals surface area (Å²) < 4.78 is 26.0. The topological polar surface area (TPSA) is 103 Å². The van der Waals surface area contributed by atoms with Crippen molar-refractivity contribution >= 4 is 15.7 Å². The number of nitrogens with zero attached hydrogens (tertiary/aromatic N) is 2. The molecule has 0 spiro atoms. The molecule has 1 aromatic heterocycles. The predicted molar refractivity (Wildman–Crippen MR) is 69.2 cm³/mol. The van der Waals surface area contributed by atoms with E-state index >= 15 is 0 Å². The number of aromatic nitrogens is 1. The summed E-state index contributed by atoms with van der Waals surface area (Å²) in [7, 11) is -3.77. The molecule has 0 aliphatic carbocycles. The van der Waals surface area contributed by atoms with Crippen LogP contribution in [0.15, 0.2) is 23.4 Å². The van der Waals surface area contributed by atoms with E-state index in [1.807, 2.05) is 6.92 Å². The van der Waals surface area contributed by atoms with Gasteiger partial charge in [0.25, 0.3) is 0 Å². The molecule has 0 aromatic carbocycles. The van der Waals surface area contributed by atoms with Crippen LogP contribution in [-0.4, -0.2) is 59.8 Å². The molecule has 106 valence electrons. The van der Waals surface area contributed by atoms with Crippen LogP contribution < -0.4 is 5.32 Å². The van der Waals surface area contributed by atoms with Gasteiger partial charge in [-0.3, -0.25) is 4.98 Å². The van der Waals surface area contributed by atoms with Crippen molar-refractivity contribution in [2.45, 2.75) is 24.0 Å². The van der Waals surface area contributed by atoms with Gasteiger partial charge >= 0.3 is 0 Å². The van der Waals surface area contributed by atoms with E-state index in [1.165, 1.54) is 12.4 Å². The van der Waals surface area contributed by atoms with E-state index in [-0.39, 0.29) is 18.0 Å². The molecule has 1 aromatic rings. The van der Waals surface area contributed by atoms with Gasteiger partial charge < -0.3 is 15.5 Å². The van der Waals surface area contributed by atoms with Crippen LogP contribution >= 0.6 is 0 Å². The summed E-state index contributed by atoms with van der Waals surface area (Å²) in [5.41, 5.74) is 0.466. The molecule has 0 amide bonds. The average Bonchev–Trinajstić information content (AvgIpc) is 2.71. The highest BCUT2D eigenvalue weighted by Gasteiger charge is 2.38. The highest BCUT2D eigenvalue weighted by molar-refractivity contribution is 7.89. The minimum Gasteiger partial charge on any atom is -0.389 e. The van der Waals surface area contributed by atoms with Gasteiger partial charge in [0.2, 0.25) is 10.0 Å². The van der Waals surface area contributed by atoms with Crippen molar-refractivity contribution in [3.8, 4) is 0 Å². The molecular formula is C11H17N3O4S. The lowest BCUT2D eigenvalue weighted by Gasteiger charge is -2.18. The van der Waals surface area contributed by atoms with E-state index < -0.39 is 22.2 Å². The fraction of sp³-hybridized carbons (Fsp3) is 0.545. The number of sulfonamides is 1.